The molecule has 1 aromatic heterocycles. The first-order valence-corrected chi connectivity index (χ1v) is 6.65. The Balaban J connectivity index is 1.98. The zero-order valence-electron chi connectivity index (χ0n) is 12.3. The van der Waals surface area contributed by atoms with Crippen LogP contribution in [0.1, 0.15) is 26.5 Å². The number of hydrogen-bond acceptors (Lipinski definition) is 5. The summed E-state index contributed by atoms with van der Waals surface area (Å²) in [7, 11) is 0. The van der Waals surface area contributed by atoms with Gasteiger partial charge >= 0.3 is 12.0 Å². The number of aromatic nitrogens is 1. The van der Waals surface area contributed by atoms with Gasteiger partial charge in [0, 0.05) is 18.0 Å². The van der Waals surface area contributed by atoms with Crippen molar-refractivity contribution in [2.45, 2.75) is 32.3 Å². The number of ether oxygens (including phenoxy) is 1. The molecule has 8 heteroatoms. The molecule has 2 heterocycles. The van der Waals surface area contributed by atoms with E-state index in [1.165, 1.54) is 4.90 Å². The Hall–Kier alpha value is -2.09. The van der Waals surface area contributed by atoms with Crippen LogP contribution in [0.15, 0.2) is 10.6 Å². The number of rotatable bonds is 2. The molecule has 1 aliphatic heterocycles. The van der Waals surface area contributed by atoms with Crippen molar-refractivity contribution in [1.29, 1.82) is 0 Å². The van der Waals surface area contributed by atoms with Crippen LogP contribution in [0.25, 0.3) is 0 Å². The Morgan fingerprint density at radius 3 is 2.76 bits per heavy atom. The molecule has 0 aromatic carbocycles. The van der Waals surface area contributed by atoms with E-state index in [1.54, 1.807) is 6.07 Å². The zero-order valence-corrected chi connectivity index (χ0v) is 12.3. The average molecular weight is 297 g/mol. The van der Waals surface area contributed by atoms with Gasteiger partial charge in [-0.2, -0.15) is 0 Å². The highest BCUT2D eigenvalue weighted by atomic mass is 16.5. The van der Waals surface area contributed by atoms with E-state index < -0.39 is 18.1 Å². The quantitative estimate of drug-likeness (QED) is 0.852. The molecule has 0 aliphatic carbocycles. The number of carbonyl (C=O) groups excluding carboxylic acids is 1. The van der Waals surface area contributed by atoms with Crippen LogP contribution in [0.5, 0.6) is 0 Å². The van der Waals surface area contributed by atoms with Gasteiger partial charge < -0.3 is 19.3 Å². The molecular formula is C13H19N3O5. The van der Waals surface area contributed by atoms with E-state index in [2.05, 4.69) is 10.5 Å². The fourth-order valence-corrected chi connectivity index (χ4v) is 1.86. The number of nitrogens with zero attached hydrogens (tertiary/aromatic N) is 2. The van der Waals surface area contributed by atoms with Crippen molar-refractivity contribution in [3.63, 3.8) is 0 Å². The van der Waals surface area contributed by atoms with Gasteiger partial charge in [0.2, 0.25) is 0 Å². The second kappa shape index (κ2) is 5.72. The lowest BCUT2D eigenvalue weighted by molar-refractivity contribution is -0.154. The maximum absolute atomic E-state index is 12.1. The topological polar surface area (TPSA) is 105 Å². The normalized spacial score (nSPS) is 19.4. The largest absolute Gasteiger partial charge is 0.479 e. The first-order valence-electron chi connectivity index (χ1n) is 6.65. The molecule has 2 amide bonds. The third-order valence-corrected chi connectivity index (χ3v) is 3.11. The van der Waals surface area contributed by atoms with E-state index in [1.807, 2.05) is 20.8 Å². The molecule has 1 unspecified atom stereocenters. The molecule has 0 radical (unpaired) electrons. The van der Waals surface area contributed by atoms with E-state index in [-0.39, 0.29) is 18.6 Å². The van der Waals surface area contributed by atoms with Gasteiger partial charge in [-0.3, -0.25) is 5.32 Å². The van der Waals surface area contributed by atoms with Gasteiger partial charge in [-0.1, -0.05) is 25.9 Å². The van der Waals surface area contributed by atoms with Gasteiger partial charge in [0.05, 0.1) is 13.2 Å². The highest BCUT2D eigenvalue weighted by Crippen LogP contribution is 2.24. The number of anilines is 1. The van der Waals surface area contributed by atoms with E-state index in [0.29, 0.717) is 18.1 Å². The highest BCUT2D eigenvalue weighted by molar-refractivity contribution is 5.89. The van der Waals surface area contributed by atoms with Crippen LogP contribution < -0.4 is 5.32 Å². The van der Waals surface area contributed by atoms with Crippen LogP contribution in [-0.2, 0) is 14.9 Å². The van der Waals surface area contributed by atoms with Gasteiger partial charge in [-0.25, -0.2) is 9.59 Å². The number of carboxylic acid groups (broad SMARTS) is 1. The standard InChI is InChI=1S/C13H19N3O5/c1-13(2,3)9-6-10(15-21-9)14-12(19)16-4-5-20-8(7-16)11(17)18/h6,8H,4-5,7H2,1-3H3,(H,17,18)(H,14,15,19). The predicted molar refractivity (Wildman–Crippen MR) is 73.2 cm³/mol. The third kappa shape index (κ3) is 3.72. The summed E-state index contributed by atoms with van der Waals surface area (Å²) in [5.74, 6) is -0.115. The van der Waals surface area contributed by atoms with E-state index in [9.17, 15) is 9.59 Å². The minimum absolute atomic E-state index is 0.00511. The fraction of sp³-hybridized carbons (Fsp3) is 0.615. The second-order valence-corrected chi connectivity index (χ2v) is 5.90. The summed E-state index contributed by atoms with van der Waals surface area (Å²) < 4.78 is 10.2. The maximum Gasteiger partial charge on any atom is 0.334 e. The van der Waals surface area contributed by atoms with Crippen molar-refractivity contribution >= 4 is 17.8 Å². The van der Waals surface area contributed by atoms with Gasteiger partial charge in [-0.15, -0.1) is 0 Å². The van der Waals surface area contributed by atoms with Crippen molar-refractivity contribution in [2.24, 2.45) is 0 Å². The Kier molecular flexibility index (Phi) is 4.17. The molecule has 21 heavy (non-hydrogen) atoms. The number of urea groups is 1. The molecule has 0 saturated carbocycles. The molecule has 1 saturated heterocycles. The lowest BCUT2D eigenvalue weighted by atomic mass is 9.93. The smallest absolute Gasteiger partial charge is 0.334 e. The predicted octanol–water partition coefficient (Wildman–Crippen LogP) is 1.29. The van der Waals surface area contributed by atoms with Crippen molar-refractivity contribution in [2.75, 3.05) is 25.0 Å². The first-order chi connectivity index (χ1) is 9.77. The minimum Gasteiger partial charge on any atom is -0.479 e. The molecule has 0 spiro atoms. The number of aliphatic carboxylic acids is 1. The van der Waals surface area contributed by atoms with Crippen molar-refractivity contribution in [1.82, 2.24) is 10.1 Å². The van der Waals surface area contributed by atoms with E-state index in [4.69, 9.17) is 14.4 Å². The molecular weight excluding hydrogens is 278 g/mol. The minimum atomic E-state index is -1.08. The van der Waals surface area contributed by atoms with Crippen molar-refractivity contribution in [3.8, 4) is 0 Å². The van der Waals surface area contributed by atoms with Crippen molar-refractivity contribution in [3.05, 3.63) is 11.8 Å². The Bertz CT molecular complexity index is 534. The molecule has 1 aromatic rings. The summed E-state index contributed by atoms with van der Waals surface area (Å²) in [6, 6.07) is 1.24. The van der Waals surface area contributed by atoms with E-state index in [0.717, 1.165) is 0 Å². The van der Waals surface area contributed by atoms with Gasteiger partial charge in [0.1, 0.15) is 5.76 Å². The summed E-state index contributed by atoms with van der Waals surface area (Å²) in [4.78, 5) is 24.3. The van der Waals surface area contributed by atoms with Crippen LogP contribution in [0.3, 0.4) is 0 Å². The second-order valence-electron chi connectivity index (χ2n) is 5.90. The summed E-state index contributed by atoms with van der Waals surface area (Å²) in [6.07, 6.45) is -0.994. The van der Waals surface area contributed by atoms with Gasteiger partial charge in [-0.05, 0) is 0 Å². The monoisotopic (exact) mass is 297 g/mol. The van der Waals surface area contributed by atoms with Crippen LogP contribution in [0.2, 0.25) is 0 Å². The van der Waals surface area contributed by atoms with Gasteiger partial charge in [0.25, 0.3) is 0 Å². The SMILES string of the molecule is CC(C)(C)c1cc(NC(=O)N2CCOC(C(=O)O)C2)no1. The molecule has 2 N–H and O–H groups in total. The summed E-state index contributed by atoms with van der Waals surface area (Å²) in [5, 5.41) is 15.3. The van der Waals surface area contributed by atoms with Crippen LogP contribution in [0.4, 0.5) is 10.6 Å². The molecule has 1 atom stereocenters. The maximum atomic E-state index is 12.1. The fourth-order valence-electron chi connectivity index (χ4n) is 1.86. The van der Waals surface area contributed by atoms with Gasteiger partial charge in [0.15, 0.2) is 11.9 Å². The van der Waals surface area contributed by atoms with E-state index >= 15 is 0 Å². The summed E-state index contributed by atoms with van der Waals surface area (Å²) in [5.41, 5.74) is -0.205. The summed E-state index contributed by atoms with van der Waals surface area (Å²) >= 11 is 0. The van der Waals surface area contributed by atoms with Crippen LogP contribution in [-0.4, -0.2) is 53.0 Å². The number of carboxylic acids is 1. The van der Waals surface area contributed by atoms with Crippen LogP contribution in [0, 0.1) is 0 Å². The number of hydrogen-bond donors (Lipinski definition) is 2. The molecule has 2 rings (SSSR count). The highest BCUT2D eigenvalue weighted by Gasteiger charge is 2.29. The Morgan fingerprint density at radius 1 is 1.48 bits per heavy atom. The molecule has 1 fully saturated rings. The Morgan fingerprint density at radius 2 is 2.19 bits per heavy atom. The number of nitrogens with one attached hydrogen (secondary N) is 1. The average Bonchev–Trinajstić information content (AvgIpc) is 2.87. The van der Waals surface area contributed by atoms with Crippen molar-refractivity contribution < 1.29 is 24.0 Å². The molecule has 0 bridgehead atoms. The zero-order chi connectivity index (χ0) is 15.6. The third-order valence-electron chi connectivity index (χ3n) is 3.11. The molecule has 116 valence electrons. The summed E-state index contributed by atoms with van der Waals surface area (Å²) in [6.45, 7) is 6.44. The molecule has 1 aliphatic rings. The number of morpholine rings is 1. The number of carbonyl (C=O) groups is 2. The molecule has 8 nitrogen and oxygen atoms in total. The number of amides is 2. The Labute approximate surface area is 122 Å². The van der Waals surface area contributed by atoms with Crippen LogP contribution >= 0.6 is 0 Å². The first kappa shape index (κ1) is 15.3. The lowest BCUT2D eigenvalue weighted by Gasteiger charge is -2.30. The lowest BCUT2D eigenvalue weighted by Crippen LogP contribution is -2.49.